The van der Waals surface area contributed by atoms with E-state index in [9.17, 15) is 22.0 Å². The lowest BCUT2D eigenvalue weighted by Crippen LogP contribution is -2.35. The third kappa shape index (κ3) is 4.42. The molecule has 0 amide bonds. The first kappa shape index (κ1) is 19.5. The van der Waals surface area contributed by atoms with Gasteiger partial charge >= 0.3 is 5.97 Å². The molecule has 25 heavy (non-hydrogen) atoms. The maximum Gasteiger partial charge on any atom is 0.328 e. The fourth-order valence-electron chi connectivity index (χ4n) is 2.10. The minimum atomic E-state index is -4.19. The zero-order valence-corrected chi connectivity index (χ0v) is 15.6. The van der Waals surface area contributed by atoms with Gasteiger partial charge in [-0.15, -0.1) is 0 Å². The molecule has 0 aliphatic heterocycles. The van der Waals surface area contributed by atoms with Crippen molar-refractivity contribution in [3.63, 3.8) is 0 Å². The van der Waals surface area contributed by atoms with Crippen LogP contribution in [0.25, 0.3) is 0 Å². The zero-order valence-electron chi connectivity index (χ0n) is 13.2. The molecule has 0 radical (unpaired) electrons. The van der Waals surface area contributed by atoms with Crippen molar-refractivity contribution in [1.82, 2.24) is 4.72 Å². The van der Waals surface area contributed by atoms with Crippen LogP contribution >= 0.6 is 15.9 Å². The van der Waals surface area contributed by atoms with E-state index in [2.05, 4.69) is 25.4 Å². The van der Waals surface area contributed by atoms with E-state index in [4.69, 9.17) is 0 Å². The molecular weight excluding hydrogens is 420 g/mol. The molecule has 0 saturated heterocycles. The number of carbonyl (C=O) groups is 1. The molecule has 0 fully saturated rings. The molecule has 5 nitrogen and oxygen atoms in total. The van der Waals surface area contributed by atoms with Crippen LogP contribution in [0.15, 0.2) is 45.8 Å². The molecule has 9 heteroatoms. The summed E-state index contributed by atoms with van der Waals surface area (Å²) in [6.07, 6.45) is 0. The molecule has 2 rings (SSSR count). The minimum absolute atomic E-state index is 0.126. The molecule has 0 aromatic heterocycles. The van der Waals surface area contributed by atoms with E-state index in [1.54, 1.807) is 6.92 Å². The number of sulfonamides is 1. The lowest BCUT2D eigenvalue weighted by atomic mass is 10.1. The van der Waals surface area contributed by atoms with Crippen LogP contribution in [-0.2, 0) is 19.6 Å². The normalized spacial score (nSPS) is 12.7. The number of hydrogen-bond donors (Lipinski definition) is 1. The summed E-state index contributed by atoms with van der Waals surface area (Å²) in [6, 6.07) is 4.90. The predicted molar refractivity (Wildman–Crippen MR) is 90.3 cm³/mol. The molecule has 0 spiro atoms. The topological polar surface area (TPSA) is 72.5 Å². The van der Waals surface area contributed by atoms with Crippen molar-refractivity contribution in [1.29, 1.82) is 0 Å². The maximum absolute atomic E-state index is 14.0. The molecule has 1 unspecified atom stereocenters. The van der Waals surface area contributed by atoms with E-state index in [0.29, 0.717) is 10.0 Å². The molecule has 0 heterocycles. The Morgan fingerprint density at radius 2 is 1.88 bits per heavy atom. The predicted octanol–water partition coefficient (Wildman–Crippen LogP) is 3.23. The summed E-state index contributed by atoms with van der Waals surface area (Å²) >= 11 is 3.25. The number of benzene rings is 2. The van der Waals surface area contributed by atoms with Crippen LogP contribution in [0.5, 0.6) is 0 Å². The lowest BCUT2D eigenvalue weighted by molar-refractivity contribution is -0.142. The van der Waals surface area contributed by atoms with Gasteiger partial charge in [0.2, 0.25) is 10.0 Å². The molecule has 0 saturated carbocycles. The number of ether oxygens (including phenoxy) is 1. The van der Waals surface area contributed by atoms with Crippen molar-refractivity contribution in [2.24, 2.45) is 0 Å². The average molecular weight is 434 g/mol. The van der Waals surface area contributed by atoms with E-state index in [1.807, 2.05) is 0 Å². The molecule has 134 valence electrons. The largest absolute Gasteiger partial charge is 0.468 e. The summed E-state index contributed by atoms with van der Waals surface area (Å²) in [4.78, 5) is 11.8. The third-order valence-corrected chi connectivity index (χ3v) is 5.73. The Labute approximate surface area is 152 Å². The number of esters is 1. The highest BCUT2D eigenvalue weighted by Crippen LogP contribution is 2.24. The number of nitrogens with one attached hydrogen (secondary N) is 1. The summed E-state index contributed by atoms with van der Waals surface area (Å²) in [5.41, 5.74) is 0.179. The fourth-order valence-corrected chi connectivity index (χ4v) is 3.60. The number of carbonyl (C=O) groups excluding carboxylic acids is 1. The van der Waals surface area contributed by atoms with Crippen molar-refractivity contribution < 1.29 is 26.7 Å². The summed E-state index contributed by atoms with van der Waals surface area (Å²) in [7, 11) is -3.17. The monoisotopic (exact) mass is 433 g/mol. The molecule has 1 atom stereocenters. The van der Waals surface area contributed by atoms with Crippen LogP contribution in [-0.4, -0.2) is 21.5 Å². The summed E-state index contributed by atoms with van der Waals surface area (Å²) in [6.45, 7) is 1.69. The van der Waals surface area contributed by atoms with E-state index < -0.39 is 39.2 Å². The number of rotatable bonds is 5. The third-order valence-electron chi connectivity index (χ3n) is 3.42. The number of hydrogen-bond acceptors (Lipinski definition) is 4. The Balaban J connectivity index is 2.47. The number of aryl methyl sites for hydroxylation is 1. The summed E-state index contributed by atoms with van der Waals surface area (Å²) < 4.78 is 59.8. The van der Waals surface area contributed by atoms with Crippen LogP contribution in [0.1, 0.15) is 17.2 Å². The maximum atomic E-state index is 14.0. The Morgan fingerprint density at radius 3 is 2.48 bits per heavy atom. The molecule has 0 aliphatic rings. The van der Waals surface area contributed by atoms with Crippen molar-refractivity contribution in [2.75, 3.05) is 7.11 Å². The quantitative estimate of drug-likeness (QED) is 0.734. The molecule has 2 aromatic carbocycles. The second kappa shape index (κ2) is 7.59. The standard InChI is InChI=1S/C16H14BrF2NO4S/c1-9-7-11(4-5-13(9)17)25(22,23)20-15(16(21)24-2)12-8-10(18)3-6-14(12)19/h3-8,15,20H,1-2H3. The smallest absolute Gasteiger partial charge is 0.328 e. The van der Waals surface area contributed by atoms with Crippen LogP contribution < -0.4 is 4.72 Å². The van der Waals surface area contributed by atoms with Gasteiger partial charge in [0.05, 0.1) is 12.0 Å². The SMILES string of the molecule is COC(=O)C(NS(=O)(=O)c1ccc(Br)c(C)c1)c1cc(F)ccc1F. The van der Waals surface area contributed by atoms with Crippen LogP contribution in [0.4, 0.5) is 8.78 Å². The van der Waals surface area contributed by atoms with E-state index in [0.717, 1.165) is 25.3 Å². The van der Waals surface area contributed by atoms with E-state index in [1.165, 1.54) is 18.2 Å². The van der Waals surface area contributed by atoms with Gasteiger partial charge in [-0.05, 0) is 48.9 Å². The van der Waals surface area contributed by atoms with E-state index >= 15 is 0 Å². The Hall–Kier alpha value is -1.84. The highest BCUT2D eigenvalue weighted by atomic mass is 79.9. The first-order chi connectivity index (χ1) is 11.7. The van der Waals surface area contributed by atoms with Gasteiger partial charge < -0.3 is 4.74 Å². The second-order valence-electron chi connectivity index (χ2n) is 5.15. The first-order valence-corrected chi connectivity index (χ1v) is 9.24. The van der Waals surface area contributed by atoms with Crippen LogP contribution in [0.3, 0.4) is 0 Å². The molecule has 2 aromatic rings. The summed E-state index contributed by atoms with van der Waals surface area (Å²) in [5.74, 6) is -2.82. The Morgan fingerprint density at radius 1 is 1.20 bits per heavy atom. The number of halogens is 3. The lowest BCUT2D eigenvalue weighted by Gasteiger charge is -2.18. The molecular formula is C16H14BrF2NO4S. The van der Waals surface area contributed by atoms with Gasteiger partial charge in [-0.3, -0.25) is 0 Å². The second-order valence-corrected chi connectivity index (χ2v) is 7.72. The van der Waals surface area contributed by atoms with E-state index in [-0.39, 0.29) is 4.90 Å². The van der Waals surface area contributed by atoms with Gasteiger partial charge in [-0.1, -0.05) is 15.9 Å². The van der Waals surface area contributed by atoms with Gasteiger partial charge in [0.1, 0.15) is 17.7 Å². The van der Waals surface area contributed by atoms with Gasteiger partial charge in [0, 0.05) is 10.0 Å². The Kier molecular flexibility index (Phi) is 5.91. The van der Waals surface area contributed by atoms with Gasteiger partial charge in [0.25, 0.3) is 0 Å². The van der Waals surface area contributed by atoms with Crippen LogP contribution in [0, 0.1) is 18.6 Å². The minimum Gasteiger partial charge on any atom is -0.468 e. The van der Waals surface area contributed by atoms with Crippen molar-refractivity contribution >= 4 is 31.9 Å². The van der Waals surface area contributed by atoms with Gasteiger partial charge in [0.15, 0.2) is 0 Å². The zero-order chi connectivity index (χ0) is 18.8. The summed E-state index contributed by atoms with van der Waals surface area (Å²) in [5, 5.41) is 0. The number of methoxy groups -OCH3 is 1. The van der Waals surface area contributed by atoms with Crippen molar-refractivity contribution in [3.8, 4) is 0 Å². The molecule has 1 N–H and O–H groups in total. The average Bonchev–Trinajstić information content (AvgIpc) is 2.56. The van der Waals surface area contributed by atoms with Gasteiger partial charge in [-0.25, -0.2) is 22.0 Å². The van der Waals surface area contributed by atoms with Crippen molar-refractivity contribution in [2.45, 2.75) is 17.9 Å². The van der Waals surface area contributed by atoms with Crippen LogP contribution in [0.2, 0.25) is 0 Å². The van der Waals surface area contributed by atoms with Gasteiger partial charge in [-0.2, -0.15) is 4.72 Å². The highest BCUT2D eigenvalue weighted by molar-refractivity contribution is 9.10. The first-order valence-electron chi connectivity index (χ1n) is 6.97. The Bertz CT molecular complexity index is 918. The van der Waals surface area contributed by atoms with Crippen molar-refractivity contribution in [3.05, 3.63) is 63.6 Å². The highest BCUT2D eigenvalue weighted by Gasteiger charge is 2.30. The fraction of sp³-hybridized carbons (Fsp3) is 0.188. The molecule has 0 bridgehead atoms. The molecule has 0 aliphatic carbocycles.